The summed E-state index contributed by atoms with van der Waals surface area (Å²) in [5, 5.41) is 9.33. The Balaban J connectivity index is 1.85. The Kier molecular flexibility index (Phi) is 10.9. The number of nitrogens with zero attached hydrogens (tertiary/aromatic N) is 2. The predicted octanol–water partition coefficient (Wildman–Crippen LogP) is 2.89. The predicted molar refractivity (Wildman–Crippen MR) is 123 cm³/mol. The minimum Gasteiger partial charge on any atom is -0.497 e. The molecule has 0 saturated carbocycles. The molecule has 0 aliphatic carbocycles. The molecule has 0 fully saturated rings. The molecule has 1 heterocycles. The number of carbonyl (C=O) groups is 1. The van der Waals surface area contributed by atoms with Gasteiger partial charge in [0.25, 0.3) is 0 Å². The normalized spacial score (nSPS) is 11.1. The summed E-state index contributed by atoms with van der Waals surface area (Å²) in [6, 6.07) is 13.3. The van der Waals surface area contributed by atoms with Crippen LogP contribution >= 0.6 is 0 Å². The van der Waals surface area contributed by atoms with Crippen molar-refractivity contribution < 1.29 is 14.3 Å². The molecule has 0 unspecified atom stereocenters. The number of nitrogens with one attached hydrogen (secondary N) is 3. The summed E-state index contributed by atoms with van der Waals surface area (Å²) >= 11 is 0. The van der Waals surface area contributed by atoms with Crippen LogP contribution in [-0.2, 0) is 16.1 Å². The molecule has 0 radical (unpaired) electrons. The number of aliphatic imine (C=N–C) groups is 1. The second-order valence-electron chi connectivity index (χ2n) is 6.88. The van der Waals surface area contributed by atoms with Crippen LogP contribution in [-0.4, -0.2) is 50.3 Å². The number of pyridine rings is 1. The Morgan fingerprint density at radius 1 is 1.10 bits per heavy atom. The molecule has 1 aromatic heterocycles. The third-order valence-corrected chi connectivity index (χ3v) is 4.34. The van der Waals surface area contributed by atoms with E-state index in [4.69, 9.17) is 9.47 Å². The molecule has 0 atom stereocenters. The number of aromatic nitrogens is 1. The minimum atomic E-state index is -0.101. The fourth-order valence-electron chi connectivity index (χ4n) is 2.71. The molecule has 0 spiro atoms. The third-order valence-electron chi connectivity index (χ3n) is 4.34. The summed E-state index contributed by atoms with van der Waals surface area (Å²) in [6.07, 6.45) is 1.17. The molecule has 3 N–H and O–H groups in total. The quantitative estimate of drug-likeness (QED) is 0.274. The van der Waals surface area contributed by atoms with E-state index in [1.54, 1.807) is 13.2 Å². The maximum Gasteiger partial charge on any atom is 0.227 e. The molecule has 1 amide bonds. The average molecular weight is 428 g/mol. The van der Waals surface area contributed by atoms with E-state index in [2.05, 4.69) is 25.9 Å². The molecule has 2 rings (SSSR count). The average Bonchev–Trinajstić information content (AvgIpc) is 2.77. The summed E-state index contributed by atoms with van der Waals surface area (Å²) < 4.78 is 10.6. The first-order chi connectivity index (χ1) is 15.1. The van der Waals surface area contributed by atoms with Gasteiger partial charge in [-0.15, -0.1) is 0 Å². The van der Waals surface area contributed by atoms with Gasteiger partial charge in [0.2, 0.25) is 5.91 Å². The van der Waals surface area contributed by atoms with Crippen molar-refractivity contribution >= 4 is 17.7 Å². The van der Waals surface area contributed by atoms with Gasteiger partial charge in [-0.3, -0.25) is 4.79 Å². The van der Waals surface area contributed by atoms with E-state index in [0.717, 1.165) is 30.0 Å². The maximum atomic E-state index is 12.2. The van der Waals surface area contributed by atoms with E-state index in [1.807, 2.05) is 50.2 Å². The van der Waals surface area contributed by atoms with Gasteiger partial charge in [0.1, 0.15) is 11.6 Å². The number of benzene rings is 1. The highest BCUT2D eigenvalue weighted by Crippen LogP contribution is 2.11. The van der Waals surface area contributed by atoms with Gasteiger partial charge in [-0.25, -0.2) is 9.98 Å². The van der Waals surface area contributed by atoms with Crippen molar-refractivity contribution in [2.24, 2.45) is 4.99 Å². The van der Waals surface area contributed by atoms with Crippen molar-refractivity contribution in [1.29, 1.82) is 0 Å². The van der Waals surface area contributed by atoms with Crippen LogP contribution in [0.5, 0.6) is 5.75 Å². The van der Waals surface area contributed by atoms with Gasteiger partial charge >= 0.3 is 0 Å². The van der Waals surface area contributed by atoms with Gasteiger partial charge in [-0.05, 0) is 50.1 Å². The van der Waals surface area contributed by atoms with E-state index in [1.165, 1.54) is 0 Å². The van der Waals surface area contributed by atoms with Crippen LogP contribution < -0.4 is 20.7 Å². The van der Waals surface area contributed by atoms with E-state index in [-0.39, 0.29) is 5.91 Å². The number of anilines is 1. The smallest absolute Gasteiger partial charge is 0.227 e. The molecule has 0 aliphatic rings. The fraction of sp³-hybridized carbons (Fsp3) is 0.435. The summed E-state index contributed by atoms with van der Waals surface area (Å²) in [5.41, 5.74) is 1.93. The molecule has 8 nitrogen and oxygen atoms in total. The number of aryl methyl sites for hydroxylation is 1. The molecular formula is C23H33N5O3. The molecule has 1 aromatic carbocycles. The first-order valence-corrected chi connectivity index (χ1v) is 10.6. The van der Waals surface area contributed by atoms with E-state index >= 15 is 0 Å². The maximum absolute atomic E-state index is 12.2. The fourth-order valence-corrected chi connectivity index (χ4v) is 2.71. The Labute approximate surface area is 184 Å². The number of carbonyl (C=O) groups excluding carboxylic acids is 1. The number of amides is 1. The van der Waals surface area contributed by atoms with Crippen LogP contribution in [0, 0.1) is 6.92 Å². The van der Waals surface area contributed by atoms with Crippen molar-refractivity contribution in [3.05, 3.63) is 53.7 Å². The molecule has 0 aliphatic heterocycles. The molecule has 168 valence electrons. The Morgan fingerprint density at radius 2 is 1.87 bits per heavy atom. The van der Waals surface area contributed by atoms with Crippen LogP contribution in [0.3, 0.4) is 0 Å². The molecule has 2 aromatic rings. The summed E-state index contributed by atoms with van der Waals surface area (Å²) in [7, 11) is 1.65. The third kappa shape index (κ3) is 9.95. The van der Waals surface area contributed by atoms with Gasteiger partial charge in [0.15, 0.2) is 5.96 Å². The zero-order chi connectivity index (χ0) is 22.3. The first-order valence-electron chi connectivity index (χ1n) is 10.6. The SMILES string of the molecule is CCOCCCNC(=NCc1ccc(OC)cc1)NCCC(=O)Nc1cccc(C)n1. The van der Waals surface area contributed by atoms with Gasteiger partial charge in [-0.2, -0.15) is 0 Å². The van der Waals surface area contributed by atoms with Crippen LogP contribution in [0.25, 0.3) is 0 Å². The Hall–Kier alpha value is -3.13. The molecule has 8 heteroatoms. The monoisotopic (exact) mass is 427 g/mol. The van der Waals surface area contributed by atoms with E-state index in [0.29, 0.717) is 44.5 Å². The molecule has 0 saturated heterocycles. The van der Waals surface area contributed by atoms with Gasteiger partial charge in [0.05, 0.1) is 13.7 Å². The summed E-state index contributed by atoms with van der Waals surface area (Å²) in [6.45, 7) is 6.98. The Morgan fingerprint density at radius 3 is 2.58 bits per heavy atom. The van der Waals surface area contributed by atoms with Gasteiger partial charge in [0, 0.05) is 38.4 Å². The molecular weight excluding hydrogens is 394 g/mol. The van der Waals surface area contributed by atoms with E-state index < -0.39 is 0 Å². The molecule has 31 heavy (non-hydrogen) atoms. The van der Waals surface area contributed by atoms with Crippen LogP contribution in [0.15, 0.2) is 47.5 Å². The van der Waals surface area contributed by atoms with Crippen molar-refractivity contribution in [1.82, 2.24) is 15.6 Å². The van der Waals surface area contributed by atoms with Crippen molar-refractivity contribution in [2.75, 3.05) is 38.7 Å². The number of ether oxygens (including phenoxy) is 2. The zero-order valence-electron chi connectivity index (χ0n) is 18.6. The second kappa shape index (κ2) is 14.0. The minimum absolute atomic E-state index is 0.101. The number of rotatable bonds is 12. The Bertz CT molecular complexity index is 824. The topological polar surface area (TPSA) is 96.9 Å². The highest BCUT2D eigenvalue weighted by atomic mass is 16.5. The lowest BCUT2D eigenvalue weighted by molar-refractivity contribution is -0.116. The number of hydrogen-bond donors (Lipinski definition) is 3. The molecule has 0 bridgehead atoms. The van der Waals surface area contributed by atoms with Crippen LogP contribution in [0.1, 0.15) is 31.0 Å². The summed E-state index contributed by atoms with van der Waals surface area (Å²) in [5.74, 6) is 1.94. The summed E-state index contributed by atoms with van der Waals surface area (Å²) in [4.78, 5) is 21.1. The lowest BCUT2D eigenvalue weighted by Gasteiger charge is -2.13. The van der Waals surface area contributed by atoms with Crippen molar-refractivity contribution in [3.63, 3.8) is 0 Å². The lowest BCUT2D eigenvalue weighted by atomic mass is 10.2. The zero-order valence-corrected chi connectivity index (χ0v) is 18.6. The number of hydrogen-bond acceptors (Lipinski definition) is 5. The first kappa shape index (κ1) is 24.1. The van der Waals surface area contributed by atoms with E-state index in [9.17, 15) is 4.79 Å². The van der Waals surface area contributed by atoms with Crippen molar-refractivity contribution in [3.8, 4) is 5.75 Å². The highest BCUT2D eigenvalue weighted by Gasteiger charge is 2.05. The standard InChI is InChI=1S/C23H33N5O3/c1-4-31-16-6-14-24-23(26-17-19-9-11-20(30-3)12-10-19)25-15-13-22(29)28-21-8-5-7-18(2)27-21/h5,7-12H,4,6,13-17H2,1-3H3,(H2,24,25,26)(H,27,28,29). The largest absolute Gasteiger partial charge is 0.497 e. The van der Waals surface area contributed by atoms with Crippen LogP contribution in [0.2, 0.25) is 0 Å². The number of guanidine groups is 1. The second-order valence-corrected chi connectivity index (χ2v) is 6.88. The van der Waals surface area contributed by atoms with Gasteiger partial charge < -0.3 is 25.4 Å². The van der Waals surface area contributed by atoms with Crippen LogP contribution in [0.4, 0.5) is 5.82 Å². The van der Waals surface area contributed by atoms with Gasteiger partial charge in [-0.1, -0.05) is 18.2 Å². The lowest BCUT2D eigenvalue weighted by Crippen LogP contribution is -2.39. The van der Waals surface area contributed by atoms with Crippen molar-refractivity contribution in [2.45, 2.75) is 33.2 Å². The number of methoxy groups -OCH3 is 1. The highest BCUT2D eigenvalue weighted by molar-refractivity contribution is 5.90.